The van der Waals surface area contributed by atoms with Gasteiger partial charge in [-0.2, -0.15) is 13.2 Å². The molecule has 3 rings (SSSR count). The molecule has 12 heteroatoms. The van der Waals surface area contributed by atoms with Crippen molar-refractivity contribution in [2.75, 3.05) is 0 Å². The Morgan fingerprint density at radius 1 is 1.25 bits per heavy atom. The van der Waals surface area contributed by atoms with Crippen LogP contribution < -0.4 is 4.72 Å². The highest BCUT2D eigenvalue weighted by Crippen LogP contribution is 2.29. The highest BCUT2D eigenvalue weighted by Gasteiger charge is 2.31. The molecule has 0 aliphatic carbocycles. The van der Waals surface area contributed by atoms with Gasteiger partial charge in [-0.25, -0.2) is 13.1 Å². The number of fused-ring (bicyclic) bond motifs is 1. The number of thiophene rings is 1. The third-order valence-electron chi connectivity index (χ3n) is 3.04. The minimum Gasteiger partial charge on any atom is -0.285 e. The number of aromatic nitrogens is 3. The number of rotatable bonds is 4. The topological polar surface area (TPSA) is 76.4 Å². The fourth-order valence-electron chi connectivity index (χ4n) is 1.91. The minimum atomic E-state index is -4.49. The number of nitrogens with zero attached hydrogens (tertiary/aromatic N) is 3. The molecule has 3 heterocycles. The van der Waals surface area contributed by atoms with Crippen molar-refractivity contribution in [1.29, 1.82) is 0 Å². The lowest BCUT2D eigenvalue weighted by molar-refractivity contribution is -0.137. The zero-order chi connectivity index (χ0) is 17.5. The van der Waals surface area contributed by atoms with E-state index in [0.29, 0.717) is 4.34 Å². The van der Waals surface area contributed by atoms with Gasteiger partial charge >= 0.3 is 6.18 Å². The zero-order valence-corrected chi connectivity index (χ0v) is 14.0. The van der Waals surface area contributed by atoms with E-state index in [0.717, 1.165) is 29.7 Å². The summed E-state index contributed by atoms with van der Waals surface area (Å²) in [4.78, 5) is 0. The summed E-state index contributed by atoms with van der Waals surface area (Å²) in [5.74, 6) is 0.157. The molecule has 0 fully saturated rings. The van der Waals surface area contributed by atoms with E-state index in [1.807, 2.05) is 0 Å². The van der Waals surface area contributed by atoms with E-state index in [2.05, 4.69) is 14.9 Å². The average molecular weight is 397 g/mol. The molecule has 0 spiro atoms. The Labute approximate surface area is 142 Å². The van der Waals surface area contributed by atoms with Gasteiger partial charge in [0.15, 0.2) is 11.5 Å². The second kappa shape index (κ2) is 5.99. The van der Waals surface area contributed by atoms with E-state index < -0.39 is 21.8 Å². The van der Waals surface area contributed by atoms with E-state index in [9.17, 15) is 21.6 Å². The Balaban J connectivity index is 1.83. The van der Waals surface area contributed by atoms with Gasteiger partial charge in [0, 0.05) is 6.20 Å². The fourth-order valence-corrected chi connectivity index (χ4v) is 4.42. The van der Waals surface area contributed by atoms with Crippen LogP contribution in [-0.2, 0) is 22.7 Å². The van der Waals surface area contributed by atoms with Crippen LogP contribution in [0.2, 0.25) is 4.34 Å². The largest absolute Gasteiger partial charge is 0.416 e. The Morgan fingerprint density at radius 3 is 2.62 bits per heavy atom. The molecule has 24 heavy (non-hydrogen) atoms. The first kappa shape index (κ1) is 17.1. The highest BCUT2D eigenvalue weighted by molar-refractivity contribution is 7.91. The lowest BCUT2D eigenvalue weighted by Gasteiger charge is -2.07. The van der Waals surface area contributed by atoms with Crippen molar-refractivity contribution in [3.05, 3.63) is 46.2 Å². The summed E-state index contributed by atoms with van der Waals surface area (Å²) in [6.45, 7) is -0.232. The smallest absolute Gasteiger partial charge is 0.285 e. The van der Waals surface area contributed by atoms with Crippen molar-refractivity contribution in [2.45, 2.75) is 16.9 Å². The van der Waals surface area contributed by atoms with Gasteiger partial charge in [-0.1, -0.05) is 11.6 Å². The highest BCUT2D eigenvalue weighted by atomic mass is 35.5. The molecule has 0 aliphatic rings. The Morgan fingerprint density at radius 2 is 2.00 bits per heavy atom. The first-order valence-corrected chi connectivity index (χ1v) is 9.00. The molecule has 1 N–H and O–H groups in total. The van der Waals surface area contributed by atoms with Crippen LogP contribution in [0.4, 0.5) is 13.2 Å². The Bertz CT molecular complexity index is 997. The number of halogens is 4. The predicted octanol–water partition coefficient (Wildman–Crippen LogP) is 2.94. The van der Waals surface area contributed by atoms with Crippen molar-refractivity contribution in [2.24, 2.45) is 0 Å². The van der Waals surface area contributed by atoms with E-state index in [1.54, 1.807) is 0 Å². The number of nitrogens with one attached hydrogen (secondary N) is 1. The van der Waals surface area contributed by atoms with Crippen LogP contribution in [0.3, 0.4) is 0 Å². The molecule has 6 nitrogen and oxygen atoms in total. The summed E-state index contributed by atoms with van der Waals surface area (Å²) in [6.07, 6.45) is -3.35. The summed E-state index contributed by atoms with van der Waals surface area (Å²) < 4.78 is 66.1. The summed E-state index contributed by atoms with van der Waals surface area (Å²) in [5.41, 5.74) is -0.888. The normalized spacial score (nSPS) is 12.8. The number of sulfonamides is 1. The molecule has 0 atom stereocenters. The van der Waals surface area contributed by atoms with Gasteiger partial charge in [-0.3, -0.25) is 4.40 Å². The first-order chi connectivity index (χ1) is 11.2. The monoisotopic (exact) mass is 396 g/mol. The molecule has 0 radical (unpaired) electrons. The van der Waals surface area contributed by atoms with Gasteiger partial charge in [-0.15, -0.1) is 21.5 Å². The number of pyridine rings is 1. The standard InChI is InChI=1S/C12H8ClF3N4O2S2/c13-8-1-2-11(23-8)24(21,22)17-6-10-19-18-9-5-7(12(14,15)16)3-4-20(9)10/h1-5,17H,6H2. The van der Waals surface area contributed by atoms with E-state index in [1.165, 1.54) is 16.5 Å². The fraction of sp³-hybridized carbons (Fsp3) is 0.167. The SMILES string of the molecule is O=S(=O)(NCc1nnc2cc(C(F)(F)F)ccn12)c1ccc(Cl)s1. The van der Waals surface area contributed by atoms with Crippen molar-refractivity contribution in [1.82, 2.24) is 19.3 Å². The van der Waals surface area contributed by atoms with E-state index in [-0.39, 0.29) is 22.2 Å². The molecule has 0 aliphatic heterocycles. The summed E-state index contributed by atoms with van der Waals surface area (Å²) in [6, 6.07) is 4.51. The van der Waals surface area contributed by atoms with Crippen molar-refractivity contribution in [3.63, 3.8) is 0 Å². The van der Waals surface area contributed by atoms with Gasteiger partial charge in [-0.05, 0) is 24.3 Å². The van der Waals surface area contributed by atoms with Gasteiger partial charge in [0.1, 0.15) is 4.21 Å². The molecule has 0 saturated carbocycles. The van der Waals surface area contributed by atoms with Crippen LogP contribution in [0.15, 0.2) is 34.7 Å². The lowest BCUT2D eigenvalue weighted by Crippen LogP contribution is -2.23. The van der Waals surface area contributed by atoms with Gasteiger partial charge < -0.3 is 0 Å². The lowest BCUT2D eigenvalue weighted by atomic mass is 10.2. The van der Waals surface area contributed by atoms with Gasteiger partial charge in [0.2, 0.25) is 0 Å². The van der Waals surface area contributed by atoms with Crippen LogP contribution in [0, 0.1) is 0 Å². The van der Waals surface area contributed by atoms with E-state index in [4.69, 9.17) is 11.6 Å². The van der Waals surface area contributed by atoms with E-state index >= 15 is 0 Å². The molecule has 128 valence electrons. The molecule has 3 aromatic heterocycles. The molecule has 0 bridgehead atoms. The quantitative estimate of drug-likeness (QED) is 0.735. The maximum atomic E-state index is 12.7. The third kappa shape index (κ3) is 3.38. The second-order valence-electron chi connectivity index (χ2n) is 4.64. The van der Waals surface area contributed by atoms with Crippen LogP contribution in [-0.4, -0.2) is 23.0 Å². The number of alkyl halides is 3. The molecule has 0 saturated heterocycles. The molecule has 3 aromatic rings. The summed E-state index contributed by atoms with van der Waals surface area (Å²) in [5, 5.41) is 7.35. The van der Waals surface area contributed by atoms with Crippen molar-refractivity contribution >= 4 is 38.6 Å². The Hall–Kier alpha value is -1.69. The molecular weight excluding hydrogens is 389 g/mol. The maximum absolute atomic E-state index is 12.7. The predicted molar refractivity (Wildman–Crippen MR) is 81.3 cm³/mol. The number of hydrogen-bond acceptors (Lipinski definition) is 5. The van der Waals surface area contributed by atoms with Gasteiger partial charge in [0.25, 0.3) is 10.0 Å². The van der Waals surface area contributed by atoms with Crippen LogP contribution in [0.1, 0.15) is 11.4 Å². The maximum Gasteiger partial charge on any atom is 0.416 e. The molecular formula is C12H8ClF3N4O2S2. The van der Waals surface area contributed by atoms with Crippen molar-refractivity contribution in [3.8, 4) is 0 Å². The molecule has 0 amide bonds. The average Bonchev–Trinajstić information content (AvgIpc) is 3.10. The number of hydrogen-bond donors (Lipinski definition) is 1. The summed E-state index contributed by atoms with van der Waals surface area (Å²) in [7, 11) is -3.79. The summed E-state index contributed by atoms with van der Waals surface area (Å²) >= 11 is 6.59. The van der Waals surface area contributed by atoms with Crippen LogP contribution in [0.5, 0.6) is 0 Å². The van der Waals surface area contributed by atoms with Crippen molar-refractivity contribution < 1.29 is 21.6 Å². The minimum absolute atomic E-state index is 0.0284. The van der Waals surface area contributed by atoms with Crippen LogP contribution >= 0.6 is 22.9 Å². The molecule has 0 aromatic carbocycles. The first-order valence-electron chi connectivity index (χ1n) is 6.33. The second-order valence-corrected chi connectivity index (χ2v) is 8.35. The third-order valence-corrected chi connectivity index (χ3v) is 6.17. The van der Waals surface area contributed by atoms with Crippen LogP contribution in [0.25, 0.3) is 5.65 Å². The molecule has 0 unspecified atom stereocenters. The van der Waals surface area contributed by atoms with Gasteiger partial charge in [0.05, 0.1) is 16.4 Å². The Kier molecular flexibility index (Phi) is 4.28. The zero-order valence-electron chi connectivity index (χ0n) is 11.6.